The summed E-state index contributed by atoms with van der Waals surface area (Å²) in [5.41, 5.74) is 14.1. The van der Waals surface area contributed by atoms with E-state index in [9.17, 15) is 28.9 Å². The smallest absolute Gasteiger partial charge is 0.326 e. The highest BCUT2D eigenvalue weighted by atomic mass is 31.2. The molecule has 3 aromatic rings. The van der Waals surface area contributed by atoms with Crippen LogP contribution in [-0.4, -0.2) is 126 Å². The van der Waals surface area contributed by atoms with E-state index in [0.717, 1.165) is 18.4 Å². The molecule has 0 aliphatic rings. The summed E-state index contributed by atoms with van der Waals surface area (Å²) >= 11 is 0. The minimum Gasteiger partial charge on any atom is -0.756 e. The van der Waals surface area contributed by atoms with E-state index in [2.05, 4.69) is 32.2 Å². The normalized spacial score (nSPS) is 13.8. The summed E-state index contributed by atoms with van der Waals surface area (Å²) in [5, 5.41) is 20.3. The van der Waals surface area contributed by atoms with Crippen molar-refractivity contribution in [2.75, 3.05) is 72.7 Å². The molecule has 0 saturated carbocycles. The number of methoxy groups -OCH3 is 1. The Kier molecular flexibility index (Phi) is 30.0. The van der Waals surface area contributed by atoms with Crippen LogP contribution >= 0.6 is 7.82 Å². The molecular weight excluding hydrogens is 908 g/mol. The Balaban J connectivity index is 0.000000473. The Morgan fingerprint density at radius 2 is 1.38 bits per heavy atom. The molecule has 19 nitrogen and oxygen atoms in total. The number of hydrogen-bond acceptors (Lipinski definition) is 15. The first-order valence-corrected chi connectivity index (χ1v) is 26.2. The van der Waals surface area contributed by atoms with Crippen molar-refractivity contribution in [3.8, 4) is 0 Å². The van der Waals surface area contributed by atoms with Crippen LogP contribution in [-0.2, 0) is 39.1 Å². The number of aliphatic carboxylic acids is 2. The summed E-state index contributed by atoms with van der Waals surface area (Å²) in [5.74, 6) is -2.76. The number of amides is 1. The van der Waals surface area contributed by atoms with E-state index in [0.29, 0.717) is 47.5 Å². The van der Waals surface area contributed by atoms with Crippen molar-refractivity contribution in [3.05, 3.63) is 47.3 Å². The van der Waals surface area contributed by atoms with Gasteiger partial charge in [0.25, 0.3) is 13.7 Å². The number of rotatable bonds is 37. The predicted octanol–water partition coefficient (Wildman–Crippen LogP) is 7.86. The number of carboxylic acids is 2. The van der Waals surface area contributed by atoms with Gasteiger partial charge in [-0.15, -0.1) is 0 Å². The Morgan fingerprint density at radius 1 is 0.797 bits per heavy atom. The maximum Gasteiger partial charge on any atom is 0.326 e. The highest BCUT2D eigenvalue weighted by Gasteiger charge is 2.22. The van der Waals surface area contributed by atoms with E-state index in [1.807, 2.05) is 28.1 Å². The largest absolute Gasteiger partial charge is 0.756 e. The molecule has 3 unspecified atom stereocenters. The van der Waals surface area contributed by atoms with E-state index in [4.69, 9.17) is 35.1 Å². The number of nitrogens with one attached hydrogen (secondary N) is 1. The minimum absolute atomic E-state index is 0.0270. The molecule has 0 aliphatic carbocycles. The molecule has 0 aliphatic heterocycles. The Hall–Kier alpha value is -4.36. The first-order chi connectivity index (χ1) is 32.9. The number of ether oxygens (including phenoxy) is 2. The highest BCUT2D eigenvalue weighted by Crippen LogP contribution is 2.38. The third kappa shape index (κ3) is 27.6. The fraction of sp³-hybridized carbons (Fsp3) is 0.694. The molecule has 69 heavy (non-hydrogen) atoms. The molecule has 20 heteroatoms. The highest BCUT2D eigenvalue weighted by molar-refractivity contribution is 7.45. The lowest BCUT2D eigenvalue weighted by atomic mass is 9.91. The molecule has 7 N–H and O–H groups in total. The number of likely N-dealkylation sites (N-methyl/N-ethyl adjacent to an activating group) is 1. The zero-order chi connectivity index (χ0) is 51.1. The second kappa shape index (κ2) is 34.0. The number of phosphoric ester groups is 1. The number of carboxylic acid groups (broad SMARTS) is 2. The number of nitrogens with zero attached hydrogens (tertiary/aromatic N) is 5. The van der Waals surface area contributed by atoms with E-state index < -0.39 is 37.8 Å². The van der Waals surface area contributed by atoms with Crippen LogP contribution in [0, 0.1) is 0 Å². The number of aromatic nitrogens is 4. The zero-order valence-electron chi connectivity index (χ0n) is 42.2. The van der Waals surface area contributed by atoms with Gasteiger partial charge in [0.1, 0.15) is 25.3 Å². The summed E-state index contributed by atoms with van der Waals surface area (Å²) in [6, 6.07) is 5.50. The van der Waals surface area contributed by atoms with Crippen LogP contribution in [0.25, 0.3) is 11.2 Å². The van der Waals surface area contributed by atoms with Gasteiger partial charge in [-0.25, -0.2) is 14.8 Å². The Labute approximate surface area is 410 Å². The van der Waals surface area contributed by atoms with Crippen LogP contribution in [0.4, 0.5) is 11.8 Å². The molecule has 3 rings (SSSR count). The van der Waals surface area contributed by atoms with Crippen molar-refractivity contribution in [1.82, 2.24) is 25.3 Å². The van der Waals surface area contributed by atoms with Gasteiger partial charge in [-0.1, -0.05) is 122 Å². The monoisotopic (exact) mass is 991 g/mol. The first-order valence-electron chi connectivity index (χ1n) is 24.8. The van der Waals surface area contributed by atoms with Gasteiger partial charge in [0.2, 0.25) is 5.95 Å². The molecule has 2 heterocycles. The number of fused-ring (bicyclic) bond motifs is 1. The number of anilines is 2. The second-order valence-electron chi connectivity index (χ2n) is 18.6. The lowest BCUT2D eigenvalue weighted by Crippen LogP contribution is -2.41. The van der Waals surface area contributed by atoms with Crippen LogP contribution in [0.15, 0.2) is 30.5 Å². The van der Waals surface area contributed by atoms with Gasteiger partial charge in [0, 0.05) is 25.7 Å². The van der Waals surface area contributed by atoms with Gasteiger partial charge >= 0.3 is 11.9 Å². The Morgan fingerprint density at radius 3 is 1.90 bits per heavy atom. The van der Waals surface area contributed by atoms with Crippen molar-refractivity contribution < 1.29 is 57.1 Å². The van der Waals surface area contributed by atoms with E-state index in [1.54, 1.807) is 30.5 Å². The van der Waals surface area contributed by atoms with Crippen LogP contribution in [0.5, 0.6) is 0 Å². The maximum absolute atomic E-state index is 12.5. The Bertz CT molecular complexity index is 1970. The minimum atomic E-state index is -4.32. The number of benzene rings is 1. The molecule has 390 valence electrons. The first kappa shape index (κ1) is 60.8. The summed E-state index contributed by atoms with van der Waals surface area (Å²) in [6.45, 7) is 5.85. The number of phosphoric acid groups is 1. The second-order valence-corrected chi connectivity index (χ2v) is 20.0. The van der Waals surface area contributed by atoms with Gasteiger partial charge in [0.15, 0.2) is 17.0 Å². The molecule has 1 aromatic carbocycles. The fourth-order valence-corrected chi connectivity index (χ4v) is 8.02. The number of carbonyl (C=O) groups is 3. The van der Waals surface area contributed by atoms with Crippen molar-refractivity contribution in [3.63, 3.8) is 0 Å². The molecule has 2 aromatic heterocycles. The van der Waals surface area contributed by atoms with Crippen molar-refractivity contribution >= 4 is 48.6 Å². The van der Waals surface area contributed by atoms with Gasteiger partial charge < -0.3 is 54.9 Å². The van der Waals surface area contributed by atoms with Crippen LogP contribution in [0.1, 0.15) is 163 Å². The van der Waals surface area contributed by atoms with Crippen molar-refractivity contribution in [2.24, 2.45) is 0 Å². The maximum atomic E-state index is 12.5. The number of carbonyl (C=O) groups excluding carboxylic acids is 1. The van der Waals surface area contributed by atoms with E-state index >= 15 is 0 Å². The standard InChI is InChI=1S/C27H58NO6P.C22H25N7O5/c1-6-7-8-9-10-11-12-13-14-15-16-17-18-19-20-21-23-32-25-27(31-5)26-34-35(29,30)33-24-22-28(2,3)4;1-2-11(9-14-10-25-19-17(26-14)18(23)28-22(24)29-19)12-3-5-13(6-4-12)20(32)27-15(21(33)34)7-8-16(30)31/h27H,6-26H2,1-5H3;3-6,10-11,15H,2,7-9H2,1H3,(H,27,32)(H,30,31)(H,33,34)(H4,23,24,25,28,29)/t;11?,15-/m.0/s1. The molecule has 0 bridgehead atoms. The summed E-state index contributed by atoms with van der Waals surface area (Å²) in [7, 11) is 3.12. The van der Waals surface area contributed by atoms with Crippen LogP contribution in [0.3, 0.4) is 0 Å². The topological polar surface area (TPSA) is 284 Å². The molecule has 0 radical (unpaired) electrons. The average Bonchev–Trinajstić information content (AvgIpc) is 3.29. The lowest BCUT2D eigenvalue weighted by molar-refractivity contribution is -0.870. The number of nitrogens with two attached hydrogens (primary N) is 2. The zero-order valence-corrected chi connectivity index (χ0v) is 43.1. The molecule has 0 fully saturated rings. The van der Waals surface area contributed by atoms with Gasteiger partial charge in [0.05, 0.1) is 46.2 Å². The number of unbranched alkanes of at least 4 members (excludes halogenated alkanes) is 15. The fourth-order valence-electron chi connectivity index (χ4n) is 7.29. The van der Waals surface area contributed by atoms with Gasteiger partial charge in [-0.2, -0.15) is 9.97 Å². The van der Waals surface area contributed by atoms with E-state index in [1.165, 1.54) is 103 Å². The van der Waals surface area contributed by atoms with Crippen molar-refractivity contribution in [2.45, 2.75) is 160 Å². The van der Waals surface area contributed by atoms with Crippen LogP contribution in [0.2, 0.25) is 0 Å². The number of nitrogen functional groups attached to an aromatic ring is 2. The molecular formula is C49H83N8O11P. The molecule has 4 atom stereocenters. The quantitative estimate of drug-likeness (QED) is 0.0209. The molecule has 0 saturated heterocycles. The lowest BCUT2D eigenvalue weighted by Gasteiger charge is -2.28. The van der Waals surface area contributed by atoms with Gasteiger partial charge in [-0.05, 0) is 49.3 Å². The number of hydrogen-bond donors (Lipinski definition) is 5. The predicted molar refractivity (Wildman–Crippen MR) is 266 cm³/mol. The molecule has 1 amide bonds. The van der Waals surface area contributed by atoms with Crippen molar-refractivity contribution in [1.29, 1.82) is 0 Å². The third-order valence-electron chi connectivity index (χ3n) is 11.6. The average molecular weight is 991 g/mol. The SMILES string of the molecule is CCC(Cc1cnc2nc(N)nc(N)c2n1)c1ccc(C(=O)N[C@@H](CCC(=O)O)C(=O)O)cc1.CCCCCCCCCCCCCCCCCCOCC(COP(=O)([O-])OCC[N+](C)(C)C)OC. The third-order valence-corrected chi connectivity index (χ3v) is 12.5. The summed E-state index contributed by atoms with van der Waals surface area (Å²) in [4.78, 5) is 63.1. The van der Waals surface area contributed by atoms with Gasteiger partial charge in [-0.3, -0.25) is 14.2 Å². The van der Waals surface area contributed by atoms with Crippen LogP contribution < -0.4 is 21.7 Å². The molecule has 0 spiro atoms. The summed E-state index contributed by atoms with van der Waals surface area (Å²) < 4.78 is 33.3. The summed E-state index contributed by atoms with van der Waals surface area (Å²) in [6.07, 6.45) is 23.5. The van der Waals surface area contributed by atoms with E-state index in [-0.39, 0.29) is 49.3 Å². The number of quaternary nitrogens is 1.